The number of carbonyl (C=O) groups excluding carboxylic acids is 3. The number of nitrogens with zero attached hydrogens (tertiary/aromatic N) is 2. The van der Waals surface area contributed by atoms with Gasteiger partial charge in [-0.05, 0) is 29.8 Å². The van der Waals surface area contributed by atoms with E-state index in [0.29, 0.717) is 11.3 Å². The molecular weight excluding hydrogens is 444 g/mol. The van der Waals surface area contributed by atoms with Crippen molar-refractivity contribution in [1.29, 1.82) is 0 Å². The second-order valence-corrected chi connectivity index (χ2v) is 7.43. The van der Waals surface area contributed by atoms with Gasteiger partial charge in [-0.15, -0.1) is 0 Å². The van der Waals surface area contributed by atoms with Crippen LogP contribution in [0.4, 0.5) is 5.69 Å². The van der Waals surface area contributed by atoms with Gasteiger partial charge in [-0.25, -0.2) is 4.79 Å². The van der Waals surface area contributed by atoms with Crippen LogP contribution in [-0.2, 0) is 20.9 Å². The Labute approximate surface area is 192 Å². The number of ketones is 1. The third-order valence-corrected chi connectivity index (χ3v) is 5.42. The minimum Gasteiger partial charge on any atom is -0.507 e. The Balaban J connectivity index is 1.86. The van der Waals surface area contributed by atoms with Crippen molar-refractivity contribution in [1.82, 2.24) is 4.90 Å². The standard InChI is InChI=1S/C24H18N2O8/c1-33-24(30)15-9-7-14(8-10-15)20-19(21(27)16-4-2-5-17(12-16)26(31)32)22(28)23(29)25(20)13-18-6-3-11-34-18/h2-12,20,27H,13H2,1H3/t20-/m0/s1. The van der Waals surface area contributed by atoms with E-state index < -0.39 is 34.4 Å². The molecule has 1 amide bonds. The number of likely N-dealkylation sites (tertiary alicyclic amines) is 1. The van der Waals surface area contributed by atoms with Crippen LogP contribution in [0.1, 0.15) is 33.3 Å². The molecule has 34 heavy (non-hydrogen) atoms. The van der Waals surface area contributed by atoms with E-state index >= 15 is 0 Å². The summed E-state index contributed by atoms with van der Waals surface area (Å²) in [5.41, 5.74) is 0.190. The molecule has 10 nitrogen and oxygen atoms in total. The third kappa shape index (κ3) is 4.04. The van der Waals surface area contributed by atoms with Crippen LogP contribution in [0.3, 0.4) is 0 Å². The maximum Gasteiger partial charge on any atom is 0.337 e. The summed E-state index contributed by atoms with van der Waals surface area (Å²) in [5, 5.41) is 22.2. The lowest BCUT2D eigenvalue weighted by Gasteiger charge is -2.24. The Morgan fingerprint density at radius 3 is 2.47 bits per heavy atom. The Bertz CT molecular complexity index is 1310. The van der Waals surface area contributed by atoms with Crippen molar-refractivity contribution in [3.05, 3.63) is 105 Å². The zero-order valence-electron chi connectivity index (χ0n) is 17.8. The summed E-state index contributed by atoms with van der Waals surface area (Å²) in [7, 11) is 1.24. The molecule has 4 rings (SSSR count). The highest BCUT2D eigenvalue weighted by molar-refractivity contribution is 6.46. The fourth-order valence-electron chi connectivity index (χ4n) is 3.80. The molecule has 1 aliphatic heterocycles. The van der Waals surface area contributed by atoms with E-state index in [-0.39, 0.29) is 28.9 Å². The van der Waals surface area contributed by atoms with Gasteiger partial charge in [0.1, 0.15) is 11.5 Å². The number of nitro groups is 1. The fourth-order valence-corrected chi connectivity index (χ4v) is 3.80. The van der Waals surface area contributed by atoms with Crippen LogP contribution < -0.4 is 0 Å². The van der Waals surface area contributed by atoms with Gasteiger partial charge in [-0.3, -0.25) is 19.7 Å². The highest BCUT2D eigenvalue weighted by Gasteiger charge is 2.46. The van der Waals surface area contributed by atoms with Gasteiger partial charge in [0.15, 0.2) is 0 Å². The monoisotopic (exact) mass is 462 g/mol. The van der Waals surface area contributed by atoms with Crippen molar-refractivity contribution < 1.29 is 33.6 Å². The van der Waals surface area contributed by atoms with E-state index in [1.165, 1.54) is 48.6 Å². The first-order valence-corrected chi connectivity index (χ1v) is 10.1. The molecule has 0 spiro atoms. The molecule has 0 bridgehead atoms. The zero-order valence-corrected chi connectivity index (χ0v) is 17.8. The highest BCUT2D eigenvalue weighted by Crippen LogP contribution is 2.40. The van der Waals surface area contributed by atoms with E-state index in [1.807, 2.05) is 0 Å². The number of methoxy groups -OCH3 is 1. The quantitative estimate of drug-likeness (QED) is 0.146. The zero-order chi connectivity index (χ0) is 24.4. The number of aliphatic hydroxyl groups excluding tert-OH is 1. The SMILES string of the molecule is COC(=O)c1ccc([C@H]2C(=C(O)c3cccc([N+](=O)[O-])c3)C(=O)C(=O)N2Cc2ccco2)cc1. The number of benzene rings is 2. The number of ether oxygens (including phenoxy) is 1. The molecule has 10 heteroatoms. The lowest BCUT2D eigenvalue weighted by Crippen LogP contribution is -2.29. The molecule has 1 aromatic heterocycles. The molecule has 1 N–H and O–H groups in total. The molecule has 172 valence electrons. The molecule has 1 aliphatic rings. The molecular formula is C24H18N2O8. The van der Waals surface area contributed by atoms with E-state index in [1.54, 1.807) is 24.3 Å². The maximum absolute atomic E-state index is 13.0. The van der Waals surface area contributed by atoms with Gasteiger partial charge >= 0.3 is 5.97 Å². The van der Waals surface area contributed by atoms with Gasteiger partial charge in [-0.1, -0.05) is 24.3 Å². The molecule has 1 fully saturated rings. The van der Waals surface area contributed by atoms with Crippen LogP contribution in [0.15, 0.2) is 76.9 Å². The molecule has 0 unspecified atom stereocenters. The summed E-state index contributed by atoms with van der Waals surface area (Å²) in [5.74, 6) is -2.52. The third-order valence-electron chi connectivity index (χ3n) is 5.42. The van der Waals surface area contributed by atoms with Gasteiger partial charge in [-0.2, -0.15) is 0 Å². The second kappa shape index (κ2) is 9.02. The minimum absolute atomic E-state index is 0.0152. The molecule has 1 saturated heterocycles. The van der Waals surface area contributed by atoms with Crippen LogP contribution in [0.2, 0.25) is 0 Å². The van der Waals surface area contributed by atoms with Gasteiger partial charge in [0.25, 0.3) is 17.4 Å². The molecule has 0 saturated carbocycles. The number of hydrogen-bond donors (Lipinski definition) is 1. The van der Waals surface area contributed by atoms with E-state index in [9.17, 15) is 29.6 Å². The van der Waals surface area contributed by atoms with Crippen molar-refractivity contribution in [3.8, 4) is 0 Å². The Morgan fingerprint density at radius 2 is 1.85 bits per heavy atom. The van der Waals surface area contributed by atoms with Gasteiger partial charge in [0, 0.05) is 17.7 Å². The summed E-state index contributed by atoms with van der Waals surface area (Å²) in [6, 6.07) is 13.4. The first kappa shape index (κ1) is 22.5. The summed E-state index contributed by atoms with van der Waals surface area (Å²) in [6.07, 6.45) is 1.43. The number of non-ortho nitro benzene ring substituents is 1. The summed E-state index contributed by atoms with van der Waals surface area (Å²) in [6.45, 7) is -0.0628. The first-order chi connectivity index (χ1) is 16.3. The number of furan rings is 1. The first-order valence-electron chi connectivity index (χ1n) is 10.1. The lowest BCUT2D eigenvalue weighted by atomic mass is 9.94. The van der Waals surface area contributed by atoms with Gasteiger partial charge in [0.2, 0.25) is 0 Å². The van der Waals surface area contributed by atoms with E-state index in [4.69, 9.17) is 9.15 Å². The van der Waals surface area contributed by atoms with Crippen molar-refractivity contribution >= 4 is 29.1 Å². The number of amides is 1. The summed E-state index contributed by atoms with van der Waals surface area (Å²) < 4.78 is 10.0. The van der Waals surface area contributed by atoms with E-state index in [2.05, 4.69) is 0 Å². The molecule has 3 aromatic rings. The number of rotatable bonds is 6. The summed E-state index contributed by atoms with van der Waals surface area (Å²) in [4.78, 5) is 49.6. The van der Waals surface area contributed by atoms with Crippen LogP contribution >= 0.6 is 0 Å². The largest absolute Gasteiger partial charge is 0.507 e. The van der Waals surface area contributed by atoms with Crippen molar-refractivity contribution in [2.24, 2.45) is 0 Å². The van der Waals surface area contributed by atoms with Crippen molar-refractivity contribution in [2.75, 3.05) is 7.11 Å². The highest BCUT2D eigenvalue weighted by atomic mass is 16.6. The van der Waals surface area contributed by atoms with Crippen LogP contribution in [0.5, 0.6) is 0 Å². The average Bonchev–Trinajstić information content (AvgIpc) is 3.45. The second-order valence-electron chi connectivity index (χ2n) is 7.43. The number of aliphatic hydroxyl groups is 1. The molecule has 0 aliphatic carbocycles. The molecule has 1 atom stereocenters. The topological polar surface area (TPSA) is 140 Å². The lowest BCUT2D eigenvalue weighted by molar-refractivity contribution is -0.384. The van der Waals surface area contributed by atoms with Crippen LogP contribution in [0.25, 0.3) is 5.76 Å². The molecule has 0 radical (unpaired) electrons. The van der Waals surface area contributed by atoms with Crippen molar-refractivity contribution in [2.45, 2.75) is 12.6 Å². The predicted octanol–water partition coefficient (Wildman–Crippen LogP) is 3.60. The van der Waals surface area contributed by atoms with Crippen LogP contribution in [-0.4, -0.2) is 39.7 Å². The fraction of sp³-hybridized carbons (Fsp3) is 0.125. The molecule has 2 heterocycles. The normalized spacial score (nSPS) is 17.1. The van der Waals surface area contributed by atoms with Crippen LogP contribution in [0, 0.1) is 10.1 Å². The maximum atomic E-state index is 13.0. The van der Waals surface area contributed by atoms with Crippen molar-refractivity contribution in [3.63, 3.8) is 0 Å². The van der Waals surface area contributed by atoms with Gasteiger partial charge in [0.05, 0.1) is 42.0 Å². The van der Waals surface area contributed by atoms with E-state index in [0.717, 1.165) is 6.07 Å². The average molecular weight is 462 g/mol. The summed E-state index contributed by atoms with van der Waals surface area (Å²) >= 11 is 0. The number of hydrogen-bond acceptors (Lipinski definition) is 8. The minimum atomic E-state index is -1.03. The number of Topliss-reactive ketones (excluding diaryl/α,β-unsaturated/α-hetero) is 1. The number of esters is 1. The smallest absolute Gasteiger partial charge is 0.337 e. The Kier molecular flexibility index (Phi) is 5.96. The van der Waals surface area contributed by atoms with Gasteiger partial charge < -0.3 is 19.2 Å². The Morgan fingerprint density at radius 1 is 1.12 bits per heavy atom. The number of carbonyl (C=O) groups is 3. The predicted molar refractivity (Wildman–Crippen MR) is 117 cm³/mol. The number of nitro benzene ring substituents is 1. The molecule has 2 aromatic carbocycles. The Hall–Kier alpha value is -4.73.